The van der Waals surface area contributed by atoms with Crippen LogP contribution in [0.4, 0.5) is 0 Å². The molecule has 4 heteroatoms. The highest BCUT2D eigenvalue weighted by Gasteiger charge is 2.21. The minimum absolute atomic E-state index is 0.0656. The van der Waals surface area contributed by atoms with Crippen LogP contribution < -0.4 is 0 Å². The molecule has 16 heavy (non-hydrogen) atoms. The number of rotatable bonds is 1. The van der Waals surface area contributed by atoms with Crippen LogP contribution in [0.1, 0.15) is 30.1 Å². The summed E-state index contributed by atoms with van der Waals surface area (Å²) in [5, 5.41) is 0.371. The molecule has 0 radical (unpaired) electrons. The van der Waals surface area contributed by atoms with E-state index in [9.17, 15) is 4.79 Å². The van der Waals surface area contributed by atoms with Gasteiger partial charge >= 0.3 is 0 Å². The van der Waals surface area contributed by atoms with Crippen LogP contribution in [0.5, 0.6) is 0 Å². The number of nitrogens with zero attached hydrogens (tertiary/aromatic N) is 2. The summed E-state index contributed by atoms with van der Waals surface area (Å²) in [6.45, 7) is 3.88. The molecule has 1 aliphatic heterocycles. The van der Waals surface area contributed by atoms with Gasteiger partial charge in [0.2, 0.25) is 0 Å². The molecule has 0 N–H and O–H groups in total. The molecule has 1 atom stereocenters. The Kier molecular flexibility index (Phi) is 3.44. The number of halogens is 1. The van der Waals surface area contributed by atoms with Gasteiger partial charge in [0.1, 0.15) is 5.15 Å². The van der Waals surface area contributed by atoms with Crippen LogP contribution in [0, 0.1) is 5.92 Å². The lowest BCUT2D eigenvalue weighted by Crippen LogP contribution is -2.39. The number of hydrogen-bond acceptors (Lipinski definition) is 2. The fourth-order valence-corrected chi connectivity index (χ4v) is 2.27. The van der Waals surface area contributed by atoms with Crippen molar-refractivity contribution in [1.29, 1.82) is 0 Å². The lowest BCUT2D eigenvalue weighted by atomic mass is 10.00. The molecule has 2 rings (SSSR count). The van der Waals surface area contributed by atoms with Gasteiger partial charge in [-0.1, -0.05) is 18.5 Å². The molecule has 0 unspecified atom stereocenters. The highest BCUT2D eigenvalue weighted by molar-refractivity contribution is 6.29. The van der Waals surface area contributed by atoms with Crippen molar-refractivity contribution in [3.63, 3.8) is 0 Å². The van der Waals surface area contributed by atoms with Crippen LogP contribution in [0.2, 0.25) is 5.15 Å². The molecule has 1 aromatic heterocycles. The standard InChI is InChI=1S/C12H15ClN2O/c1-9-3-2-6-15(8-9)12(16)10-4-5-14-11(13)7-10/h4-5,7,9H,2-3,6,8H2,1H3/t9-/m0/s1. The predicted octanol–water partition coefficient (Wildman–Crippen LogP) is 2.61. The first-order valence-electron chi connectivity index (χ1n) is 5.57. The molecule has 2 heterocycles. The van der Waals surface area contributed by atoms with E-state index in [0.717, 1.165) is 19.5 Å². The fraction of sp³-hybridized carbons (Fsp3) is 0.500. The van der Waals surface area contributed by atoms with Gasteiger partial charge in [-0.05, 0) is 30.9 Å². The van der Waals surface area contributed by atoms with Crippen molar-refractivity contribution in [2.75, 3.05) is 13.1 Å². The summed E-state index contributed by atoms with van der Waals surface area (Å²) in [5.74, 6) is 0.658. The zero-order chi connectivity index (χ0) is 11.5. The van der Waals surface area contributed by atoms with Gasteiger partial charge in [-0.15, -0.1) is 0 Å². The van der Waals surface area contributed by atoms with Crippen molar-refractivity contribution in [2.24, 2.45) is 5.92 Å². The largest absolute Gasteiger partial charge is 0.338 e. The summed E-state index contributed by atoms with van der Waals surface area (Å²) in [5.41, 5.74) is 0.633. The first-order chi connectivity index (χ1) is 7.66. The van der Waals surface area contributed by atoms with Gasteiger partial charge in [-0.25, -0.2) is 4.98 Å². The summed E-state index contributed by atoms with van der Waals surface area (Å²) >= 11 is 5.77. The molecule has 0 saturated carbocycles. The van der Waals surface area contributed by atoms with Crippen molar-refractivity contribution in [2.45, 2.75) is 19.8 Å². The quantitative estimate of drug-likeness (QED) is 0.705. The third-order valence-corrected chi connectivity index (χ3v) is 3.12. The predicted molar refractivity (Wildman–Crippen MR) is 63.5 cm³/mol. The van der Waals surface area contributed by atoms with Crippen molar-refractivity contribution in [1.82, 2.24) is 9.88 Å². The van der Waals surface area contributed by atoms with Crippen molar-refractivity contribution in [3.05, 3.63) is 29.0 Å². The van der Waals surface area contributed by atoms with Crippen molar-refractivity contribution in [3.8, 4) is 0 Å². The average Bonchev–Trinajstić information content (AvgIpc) is 2.28. The molecule has 3 nitrogen and oxygen atoms in total. The van der Waals surface area contributed by atoms with Gasteiger partial charge < -0.3 is 4.90 Å². The molecule has 0 aromatic carbocycles. The summed E-state index contributed by atoms with van der Waals surface area (Å²) in [4.78, 5) is 17.9. The SMILES string of the molecule is C[C@H]1CCCN(C(=O)c2ccnc(Cl)c2)C1. The Morgan fingerprint density at radius 3 is 3.12 bits per heavy atom. The summed E-state index contributed by atoms with van der Waals surface area (Å²) in [6.07, 6.45) is 3.87. The molecule has 0 aliphatic carbocycles. The molecule has 1 saturated heterocycles. The normalized spacial score (nSPS) is 20.9. The second-order valence-corrected chi connectivity index (χ2v) is 4.75. The number of carbonyl (C=O) groups excluding carboxylic acids is 1. The topological polar surface area (TPSA) is 33.2 Å². The Labute approximate surface area is 100 Å². The molecule has 0 spiro atoms. The van der Waals surface area contributed by atoms with E-state index < -0.39 is 0 Å². The van der Waals surface area contributed by atoms with Crippen LogP contribution in [0.25, 0.3) is 0 Å². The molecule has 1 aliphatic rings. The summed E-state index contributed by atoms with van der Waals surface area (Å²) < 4.78 is 0. The second kappa shape index (κ2) is 4.83. The summed E-state index contributed by atoms with van der Waals surface area (Å²) in [7, 11) is 0. The van der Waals surface area contributed by atoms with Crippen LogP contribution >= 0.6 is 11.6 Å². The monoisotopic (exact) mass is 238 g/mol. The fourth-order valence-electron chi connectivity index (χ4n) is 2.09. The van der Waals surface area contributed by atoms with E-state index in [2.05, 4.69) is 11.9 Å². The maximum absolute atomic E-state index is 12.1. The molecular weight excluding hydrogens is 224 g/mol. The number of pyridine rings is 1. The van der Waals surface area contributed by atoms with Crippen molar-refractivity contribution < 1.29 is 4.79 Å². The molecule has 0 bridgehead atoms. The maximum Gasteiger partial charge on any atom is 0.254 e. The van der Waals surface area contributed by atoms with E-state index in [0.29, 0.717) is 16.6 Å². The Bertz CT molecular complexity index is 394. The van der Waals surface area contributed by atoms with Crippen LogP contribution in [-0.4, -0.2) is 28.9 Å². The Morgan fingerprint density at radius 2 is 2.44 bits per heavy atom. The minimum Gasteiger partial charge on any atom is -0.338 e. The maximum atomic E-state index is 12.1. The number of carbonyl (C=O) groups is 1. The Hall–Kier alpha value is -1.09. The van der Waals surface area contributed by atoms with Crippen LogP contribution in [0.15, 0.2) is 18.3 Å². The summed E-state index contributed by atoms with van der Waals surface area (Å²) in [6, 6.07) is 3.34. The van der Waals surface area contributed by atoms with Gasteiger partial charge in [0.25, 0.3) is 5.91 Å². The number of piperidine rings is 1. The Balaban J connectivity index is 2.12. The minimum atomic E-state index is 0.0656. The first-order valence-corrected chi connectivity index (χ1v) is 5.95. The Morgan fingerprint density at radius 1 is 1.62 bits per heavy atom. The van der Waals surface area contributed by atoms with Gasteiger partial charge in [-0.2, -0.15) is 0 Å². The zero-order valence-electron chi connectivity index (χ0n) is 9.32. The lowest BCUT2D eigenvalue weighted by Gasteiger charge is -2.30. The van der Waals surface area contributed by atoms with Gasteiger partial charge in [0.05, 0.1) is 0 Å². The number of aromatic nitrogens is 1. The average molecular weight is 239 g/mol. The molecule has 1 fully saturated rings. The second-order valence-electron chi connectivity index (χ2n) is 4.37. The van der Waals surface area contributed by atoms with E-state index in [1.54, 1.807) is 18.3 Å². The third-order valence-electron chi connectivity index (χ3n) is 2.92. The van der Waals surface area contributed by atoms with Gasteiger partial charge in [0.15, 0.2) is 0 Å². The van der Waals surface area contributed by atoms with E-state index in [-0.39, 0.29) is 5.91 Å². The zero-order valence-corrected chi connectivity index (χ0v) is 10.1. The third kappa shape index (κ3) is 2.53. The number of amides is 1. The highest BCUT2D eigenvalue weighted by Crippen LogP contribution is 2.18. The number of likely N-dealkylation sites (tertiary alicyclic amines) is 1. The smallest absolute Gasteiger partial charge is 0.254 e. The first kappa shape index (κ1) is 11.4. The molecule has 1 aromatic rings. The van der Waals surface area contributed by atoms with Gasteiger partial charge in [-0.3, -0.25) is 4.79 Å². The van der Waals surface area contributed by atoms with E-state index in [1.165, 1.54) is 6.42 Å². The number of hydrogen-bond donors (Lipinski definition) is 0. The van der Waals surface area contributed by atoms with Gasteiger partial charge in [0, 0.05) is 24.8 Å². The lowest BCUT2D eigenvalue weighted by molar-refractivity contribution is 0.0683. The highest BCUT2D eigenvalue weighted by atomic mass is 35.5. The van der Waals surface area contributed by atoms with Crippen LogP contribution in [-0.2, 0) is 0 Å². The van der Waals surface area contributed by atoms with E-state index >= 15 is 0 Å². The van der Waals surface area contributed by atoms with E-state index in [1.807, 2.05) is 4.90 Å². The molecular formula is C12H15ClN2O. The molecule has 86 valence electrons. The van der Waals surface area contributed by atoms with Crippen molar-refractivity contribution >= 4 is 17.5 Å². The molecule has 1 amide bonds. The van der Waals surface area contributed by atoms with E-state index in [4.69, 9.17) is 11.6 Å². The van der Waals surface area contributed by atoms with Crippen LogP contribution in [0.3, 0.4) is 0 Å².